The summed E-state index contributed by atoms with van der Waals surface area (Å²) in [5.74, 6) is -0.731. The molecule has 0 aromatic heterocycles. The number of nitro groups is 3. The van der Waals surface area contributed by atoms with Gasteiger partial charge in [-0.2, -0.15) is 0 Å². The minimum Gasteiger partial charge on any atom is -0.478 e. The molecule has 10 nitrogen and oxygen atoms in total. The average Bonchev–Trinajstić information content (AvgIpc) is 2.26. The van der Waals surface area contributed by atoms with Crippen LogP contribution in [-0.2, 0) is 0 Å². The molecular weight excluding hydrogens is 238 g/mol. The Bertz CT molecular complexity index is 477. The highest BCUT2D eigenvalue weighted by molar-refractivity contribution is 5.65. The lowest BCUT2D eigenvalue weighted by Crippen LogP contribution is -2.00. The summed E-state index contributed by atoms with van der Waals surface area (Å²) in [6, 6.07) is 1.13. The van der Waals surface area contributed by atoms with Gasteiger partial charge < -0.3 is 4.74 Å². The summed E-state index contributed by atoms with van der Waals surface area (Å²) in [4.78, 5) is 28.6. The number of nitrogens with zero attached hydrogens (tertiary/aromatic N) is 3. The monoisotopic (exact) mass is 242 g/mol. The highest BCUT2D eigenvalue weighted by Crippen LogP contribution is 2.40. The van der Waals surface area contributed by atoms with Gasteiger partial charge in [-0.1, -0.05) is 0 Å². The van der Waals surface area contributed by atoms with Crippen LogP contribution in [0.1, 0.15) is 0 Å². The number of ether oxygens (including phenoxy) is 1. The first-order chi connectivity index (χ1) is 7.88. The van der Waals surface area contributed by atoms with Crippen LogP contribution in [0.15, 0.2) is 12.1 Å². The first-order valence-corrected chi connectivity index (χ1v) is 3.91. The summed E-state index contributed by atoms with van der Waals surface area (Å²) in [5.41, 5.74) is -2.55. The van der Waals surface area contributed by atoms with E-state index in [9.17, 15) is 30.3 Å². The van der Waals surface area contributed by atoms with Crippen molar-refractivity contribution in [1.29, 1.82) is 0 Å². The second kappa shape index (κ2) is 4.38. The van der Waals surface area contributed by atoms with E-state index in [1.807, 2.05) is 0 Å². The number of hydrogen-bond acceptors (Lipinski definition) is 7. The Morgan fingerprint density at radius 1 is 0.941 bits per heavy atom. The van der Waals surface area contributed by atoms with Gasteiger partial charge in [0.15, 0.2) is 0 Å². The summed E-state index contributed by atoms with van der Waals surface area (Å²) >= 11 is 0. The Balaban J connectivity index is 3.63. The van der Waals surface area contributed by atoms with Gasteiger partial charge in [-0.3, -0.25) is 30.3 Å². The van der Waals surface area contributed by atoms with Crippen molar-refractivity contribution in [3.63, 3.8) is 0 Å². The number of non-ortho nitro benzene ring substituents is 1. The van der Waals surface area contributed by atoms with Crippen LogP contribution in [0.3, 0.4) is 0 Å². The van der Waals surface area contributed by atoms with Crippen molar-refractivity contribution >= 4 is 17.1 Å². The van der Waals surface area contributed by atoms with Gasteiger partial charge in [0, 0.05) is 0 Å². The van der Waals surface area contributed by atoms with E-state index in [0.29, 0.717) is 12.1 Å². The Hall–Kier alpha value is -2.78. The second-order valence-electron chi connectivity index (χ2n) is 2.73. The van der Waals surface area contributed by atoms with Crippen molar-refractivity contribution in [2.75, 3.05) is 0 Å². The van der Waals surface area contributed by atoms with Gasteiger partial charge in [-0.15, -0.1) is 0 Å². The maximum absolute atomic E-state index is 10.6. The molecule has 0 amide bonds. The fourth-order valence-electron chi connectivity index (χ4n) is 1.11. The highest BCUT2D eigenvalue weighted by Gasteiger charge is 2.31. The Morgan fingerprint density at radius 2 is 1.35 bits per heavy atom. The van der Waals surface area contributed by atoms with E-state index >= 15 is 0 Å². The van der Waals surface area contributed by atoms with Crippen LogP contribution in [-0.4, -0.2) is 14.8 Å². The zero-order valence-electron chi connectivity index (χ0n) is 8.06. The predicted molar refractivity (Wildman–Crippen MR) is 52.4 cm³/mol. The molecule has 0 atom stereocenters. The van der Waals surface area contributed by atoms with Crippen molar-refractivity contribution in [2.24, 2.45) is 0 Å². The van der Waals surface area contributed by atoms with Crippen LogP contribution in [0.25, 0.3) is 0 Å². The second-order valence-corrected chi connectivity index (χ2v) is 2.73. The summed E-state index contributed by atoms with van der Waals surface area (Å²) in [5, 5.41) is 31.6. The maximum Gasteiger partial charge on any atom is 0.325 e. The number of benzene rings is 1. The molecule has 0 aliphatic heterocycles. The van der Waals surface area contributed by atoms with E-state index in [0.717, 1.165) is 0 Å². The van der Waals surface area contributed by atoms with Gasteiger partial charge in [0.2, 0.25) is 0 Å². The molecule has 0 spiro atoms. The van der Waals surface area contributed by atoms with E-state index < -0.39 is 37.6 Å². The standard InChI is InChI=1S/C7H4N3O7/c1-17-7-5(9(13)14)2-4(8(11)12)3-6(7)10(15)16/h2-3H,1H2. The fraction of sp³-hybridized carbons (Fsp3) is 0. The molecule has 10 heteroatoms. The number of hydrogen-bond donors (Lipinski definition) is 0. The highest BCUT2D eigenvalue weighted by atomic mass is 16.6. The van der Waals surface area contributed by atoms with E-state index in [2.05, 4.69) is 11.8 Å². The van der Waals surface area contributed by atoms with E-state index in [-0.39, 0.29) is 0 Å². The summed E-state index contributed by atoms with van der Waals surface area (Å²) in [6.45, 7) is 0. The van der Waals surface area contributed by atoms with E-state index in [1.54, 1.807) is 0 Å². The molecule has 17 heavy (non-hydrogen) atoms. The SMILES string of the molecule is [CH2]Oc1c([N+](=O)[O-])cc([N+](=O)[O-])cc1[N+](=O)[O-]. The molecule has 0 fully saturated rings. The van der Waals surface area contributed by atoms with Crippen LogP contribution in [0, 0.1) is 37.5 Å². The summed E-state index contributed by atoms with van der Waals surface area (Å²) in [7, 11) is 2.84. The van der Waals surface area contributed by atoms with Crippen molar-refractivity contribution < 1.29 is 19.5 Å². The van der Waals surface area contributed by atoms with Gasteiger partial charge in [-0.05, 0) is 0 Å². The molecule has 0 heterocycles. The molecule has 0 bridgehead atoms. The molecule has 0 unspecified atom stereocenters. The molecule has 1 rings (SSSR count). The zero-order valence-corrected chi connectivity index (χ0v) is 8.06. The lowest BCUT2D eigenvalue weighted by atomic mass is 10.2. The third-order valence-electron chi connectivity index (χ3n) is 1.78. The maximum atomic E-state index is 10.6. The Kier molecular flexibility index (Phi) is 3.17. The normalized spacial score (nSPS) is 9.71. The van der Waals surface area contributed by atoms with Gasteiger partial charge in [-0.25, -0.2) is 0 Å². The van der Waals surface area contributed by atoms with Gasteiger partial charge in [0.25, 0.3) is 11.4 Å². The quantitative estimate of drug-likeness (QED) is 0.576. The Labute approximate surface area is 92.9 Å². The zero-order chi connectivity index (χ0) is 13.2. The average molecular weight is 242 g/mol. The smallest absolute Gasteiger partial charge is 0.325 e. The lowest BCUT2D eigenvalue weighted by Gasteiger charge is -2.02. The van der Waals surface area contributed by atoms with Crippen LogP contribution in [0.5, 0.6) is 5.75 Å². The van der Waals surface area contributed by atoms with Gasteiger partial charge in [0.1, 0.15) is 7.11 Å². The van der Waals surface area contributed by atoms with Crippen molar-refractivity contribution in [3.05, 3.63) is 49.6 Å². The lowest BCUT2D eigenvalue weighted by molar-refractivity contribution is -0.404. The fourth-order valence-corrected chi connectivity index (χ4v) is 1.11. The third-order valence-corrected chi connectivity index (χ3v) is 1.78. The van der Waals surface area contributed by atoms with Crippen molar-refractivity contribution in [1.82, 2.24) is 0 Å². The first kappa shape index (κ1) is 12.3. The van der Waals surface area contributed by atoms with Crippen LogP contribution >= 0.6 is 0 Å². The van der Waals surface area contributed by atoms with Crippen molar-refractivity contribution in [3.8, 4) is 5.75 Å². The Morgan fingerprint density at radius 3 is 1.59 bits per heavy atom. The number of nitro benzene ring substituents is 3. The summed E-state index contributed by atoms with van der Waals surface area (Å²) in [6.07, 6.45) is 0. The molecule has 89 valence electrons. The van der Waals surface area contributed by atoms with Gasteiger partial charge >= 0.3 is 11.4 Å². The van der Waals surface area contributed by atoms with Crippen LogP contribution in [0.4, 0.5) is 17.1 Å². The molecule has 0 saturated heterocycles. The third kappa shape index (κ3) is 2.25. The molecule has 0 N–H and O–H groups in total. The summed E-state index contributed by atoms with van der Waals surface area (Å²) < 4.78 is 4.28. The molecule has 0 aliphatic rings. The molecule has 0 aliphatic carbocycles. The minimum absolute atomic E-state index is 0.563. The molecule has 1 aromatic rings. The van der Waals surface area contributed by atoms with Crippen LogP contribution < -0.4 is 4.74 Å². The first-order valence-electron chi connectivity index (χ1n) is 3.91. The molecular formula is C7H4N3O7. The van der Waals surface area contributed by atoms with E-state index in [1.165, 1.54) is 0 Å². The van der Waals surface area contributed by atoms with Gasteiger partial charge in [0.05, 0.1) is 26.9 Å². The van der Waals surface area contributed by atoms with E-state index in [4.69, 9.17) is 0 Å². The largest absolute Gasteiger partial charge is 0.478 e. The molecule has 1 radical (unpaired) electrons. The predicted octanol–water partition coefficient (Wildman–Crippen LogP) is 1.58. The van der Waals surface area contributed by atoms with Crippen molar-refractivity contribution in [2.45, 2.75) is 0 Å². The molecule has 0 saturated carbocycles. The number of rotatable bonds is 4. The minimum atomic E-state index is -1.03. The topological polar surface area (TPSA) is 139 Å². The van der Waals surface area contributed by atoms with Crippen LogP contribution in [0.2, 0.25) is 0 Å². The molecule has 1 aromatic carbocycles.